The molecule has 0 atom stereocenters. The lowest BCUT2D eigenvalue weighted by atomic mass is 10.1. The zero-order valence-electron chi connectivity index (χ0n) is 15.8. The Morgan fingerprint density at radius 1 is 1.21 bits per heavy atom. The van der Waals surface area contributed by atoms with Gasteiger partial charge in [-0.25, -0.2) is 4.98 Å². The number of nitrogens with zero attached hydrogens (tertiary/aromatic N) is 2. The molecule has 144 valence electrons. The molecule has 0 fully saturated rings. The third-order valence-electron chi connectivity index (χ3n) is 5.21. The number of methoxy groups -OCH3 is 1. The standard InChI is InChI=1S/C23H18N2O3S/c1-28-19-8-7-14(12-18(19)26)11-16-9-10-25-21(16)24-22-20(23(25)27)17(13-29-22)15-5-3-2-4-6-15/h2-8,11-13,26H,9-10H2,1H3. The zero-order valence-corrected chi connectivity index (χ0v) is 16.6. The summed E-state index contributed by atoms with van der Waals surface area (Å²) in [4.78, 5) is 18.8. The summed E-state index contributed by atoms with van der Waals surface area (Å²) in [7, 11) is 1.52. The smallest absolute Gasteiger partial charge is 0.263 e. The second kappa shape index (κ2) is 6.90. The number of thiophene rings is 1. The van der Waals surface area contributed by atoms with Gasteiger partial charge in [-0.1, -0.05) is 36.4 Å². The summed E-state index contributed by atoms with van der Waals surface area (Å²) in [6.45, 7) is 0.606. The van der Waals surface area contributed by atoms with Crippen molar-refractivity contribution in [3.63, 3.8) is 0 Å². The fourth-order valence-corrected chi connectivity index (χ4v) is 4.72. The summed E-state index contributed by atoms with van der Waals surface area (Å²) in [5.74, 6) is 1.23. The van der Waals surface area contributed by atoms with E-state index in [1.54, 1.807) is 16.7 Å². The van der Waals surface area contributed by atoms with Crippen molar-refractivity contribution in [3.05, 3.63) is 75.7 Å². The molecule has 1 N–H and O–H groups in total. The second-order valence-corrected chi connectivity index (χ2v) is 7.80. The van der Waals surface area contributed by atoms with Gasteiger partial charge in [-0.2, -0.15) is 0 Å². The van der Waals surface area contributed by atoms with Crippen molar-refractivity contribution in [2.24, 2.45) is 0 Å². The average Bonchev–Trinajstić information content (AvgIpc) is 3.34. The van der Waals surface area contributed by atoms with Crippen LogP contribution in [0.4, 0.5) is 0 Å². The summed E-state index contributed by atoms with van der Waals surface area (Å²) in [5.41, 5.74) is 3.81. The van der Waals surface area contributed by atoms with E-state index < -0.39 is 0 Å². The van der Waals surface area contributed by atoms with Crippen molar-refractivity contribution in [1.82, 2.24) is 9.55 Å². The highest BCUT2D eigenvalue weighted by Crippen LogP contribution is 2.35. The lowest BCUT2D eigenvalue weighted by Gasteiger charge is -2.06. The minimum atomic E-state index is 0.00563. The Morgan fingerprint density at radius 2 is 2.03 bits per heavy atom. The molecule has 0 radical (unpaired) electrons. The van der Waals surface area contributed by atoms with Crippen molar-refractivity contribution in [2.45, 2.75) is 13.0 Å². The molecule has 0 amide bonds. The number of benzene rings is 2. The first-order valence-corrected chi connectivity index (χ1v) is 10.2. The third-order valence-corrected chi connectivity index (χ3v) is 6.09. The molecule has 0 aliphatic carbocycles. The Hall–Kier alpha value is -3.38. The number of hydrogen-bond donors (Lipinski definition) is 1. The van der Waals surface area contributed by atoms with Crippen LogP contribution in [0.1, 0.15) is 17.8 Å². The van der Waals surface area contributed by atoms with E-state index in [0.717, 1.165) is 33.5 Å². The lowest BCUT2D eigenvalue weighted by Crippen LogP contribution is -2.20. The number of phenolic OH excluding ortho intramolecular Hbond substituents is 1. The Bertz CT molecular complexity index is 1320. The first kappa shape index (κ1) is 17.7. The molecule has 6 heteroatoms. The Labute approximate surface area is 171 Å². The van der Waals surface area contributed by atoms with Crippen LogP contribution in [0.25, 0.3) is 33.0 Å². The van der Waals surface area contributed by atoms with Crippen LogP contribution >= 0.6 is 11.3 Å². The Balaban J connectivity index is 1.63. The molecule has 2 aromatic carbocycles. The quantitative estimate of drug-likeness (QED) is 0.535. The molecule has 2 aromatic heterocycles. The predicted octanol–water partition coefficient (Wildman–Crippen LogP) is 4.78. The van der Waals surface area contributed by atoms with Crippen LogP contribution < -0.4 is 10.3 Å². The van der Waals surface area contributed by atoms with Crippen molar-refractivity contribution >= 4 is 33.2 Å². The van der Waals surface area contributed by atoms with Gasteiger partial charge in [0.2, 0.25) is 0 Å². The minimum Gasteiger partial charge on any atom is -0.504 e. The topological polar surface area (TPSA) is 64.4 Å². The number of fused-ring (bicyclic) bond motifs is 2. The van der Waals surface area contributed by atoms with E-state index in [2.05, 4.69) is 0 Å². The van der Waals surface area contributed by atoms with Crippen LogP contribution in [0.2, 0.25) is 0 Å². The molecule has 0 spiro atoms. The molecule has 5 rings (SSSR count). The lowest BCUT2D eigenvalue weighted by molar-refractivity contribution is 0.373. The van der Waals surface area contributed by atoms with Gasteiger partial charge in [0.1, 0.15) is 10.7 Å². The maximum Gasteiger partial charge on any atom is 0.263 e. The molecule has 3 heterocycles. The molecule has 1 aliphatic rings. The molecule has 0 saturated heterocycles. The number of aromatic hydroxyl groups is 1. The van der Waals surface area contributed by atoms with E-state index in [4.69, 9.17) is 9.72 Å². The fraction of sp³-hybridized carbons (Fsp3) is 0.130. The van der Waals surface area contributed by atoms with Crippen molar-refractivity contribution in [3.8, 4) is 22.6 Å². The molecular formula is C23H18N2O3S. The molecule has 4 aromatic rings. The Morgan fingerprint density at radius 3 is 2.79 bits per heavy atom. The summed E-state index contributed by atoms with van der Waals surface area (Å²) in [6, 6.07) is 15.2. The van der Waals surface area contributed by atoms with Gasteiger partial charge in [0.15, 0.2) is 11.5 Å². The van der Waals surface area contributed by atoms with Crippen molar-refractivity contribution in [2.75, 3.05) is 7.11 Å². The normalized spacial score (nSPS) is 14.4. The van der Waals surface area contributed by atoms with Crippen molar-refractivity contribution < 1.29 is 9.84 Å². The van der Waals surface area contributed by atoms with E-state index >= 15 is 0 Å². The van der Waals surface area contributed by atoms with Gasteiger partial charge in [0, 0.05) is 17.5 Å². The second-order valence-electron chi connectivity index (χ2n) is 6.94. The molecule has 5 nitrogen and oxygen atoms in total. The van der Waals surface area contributed by atoms with Gasteiger partial charge in [0.05, 0.1) is 12.5 Å². The summed E-state index contributed by atoms with van der Waals surface area (Å²) >= 11 is 1.50. The summed E-state index contributed by atoms with van der Waals surface area (Å²) < 4.78 is 6.86. The zero-order chi connectivity index (χ0) is 20.0. The number of rotatable bonds is 3. The third kappa shape index (κ3) is 2.93. The summed E-state index contributed by atoms with van der Waals surface area (Å²) in [5, 5.41) is 12.7. The Kier molecular flexibility index (Phi) is 4.21. The van der Waals surface area contributed by atoms with Crippen LogP contribution in [0, 0.1) is 0 Å². The number of phenols is 1. The van der Waals surface area contributed by atoms with Gasteiger partial charge < -0.3 is 9.84 Å². The number of allylic oxidation sites excluding steroid dienone is 1. The highest BCUT2D eigenvalue weighted by Gasteiger charge is 2.23. The monoisotopic (exact) mass is 402 g/mol. The van der Waals surface area contributed by atoms with E-state index in [0.29, 0.717) is 23.5 Å². The minimum absolute atomic E-state index is 0.00563. The van der Waals surface area contributed by atoms with Gasteiger partial charge in [0.25, 0.3) is 5.56 Å². The van der Waals surface area contributed by atoms with Crippen molar-refractivity contribution in [1.29, 1.82) is 0 Å². The van der Waals surface area contributed by atoms with Crippen LogP contribution in [0.15, 0.2) is 58.7 Å². The highest BCUT2D eigenvalue weighted by atomic mass is 32.1. The maximum absolute atomic E-state index is 13.3. The van der Waals surface area contributed by atoms with Gasteiger partial charge in [-0.05, 0) is 41.3 Å². The van der Waals surface area contributed by atoms with E-state index in [-0.39, 0.29) is 11.3 Å². The first-order valence-electron chi connectivity index (χ1n) is 9.31. The van der Waals surface area contributed by atoms with E-state index in [9.17, 15) is 9.90 Å². The molecule has 1 aliphatic heterocycles. The first-order chi connectivity index (χ1) is 14.2. The van der Waals surface area contributed by atoms with Crippen LogP contribution in [-0.2, 0) is 6.54 Å². The molecular weight excluding hydrogens is 384 g/mol. The van der Waals surface area contributed by atoms with E-state index in [1.807, 2.05) is 47.9 Å². The molecule has 0 saturated carbocycles. The van der Waals surface area contributed by atoms with Crippen LogP contribution in [-0.4, -0.2) is 21.8 Å². The number of aromatic nitrogens is 2. The summed E-state index contributed by atoms with van der Waals surface area (Å²) in [6.07, 6.45) is 2.70. The SMILES string of the molecule is COc1ccc(C=C2CCn3c2nc2scc(-c4ccccc4)c2c3=O)cc1O. The van der Waals surface area contributed by atoms with Crippen LogP contribution in [0.3, 0.4) is 0 Å². The van der Waals surface area contributed by atoms with E-state index in [1.165, 1.54) is 18.4 Å². The molecule has 0 unspecified atom stereocenters. The number of hydrogen-bond acceptors (Lipinski definition) is 5. The highest BCUT2D eigenvalue weighted by molar-refractivity contribution is 7.17. The van der Waals surface area contributed by atoms with Gasteiger partial charge in [-0.15, -0.1) is 11.3 Å². The van der Waals surface area contributed by atoms with Gasteiger partial charge >= 0.3 is 0 Å². The number of ether oxygens (including phenoxy) is 1. The van der Waals surface area contributed by atoms with Crippen LogP contribution in [0.5, 0.6) is 11.5 Å². The fourth-order valence-electron chi connectivity index (χ4n) is 3.79. The average molecular weight is 402 g/mol. The molecule has 0 bridgehead atoms. The predicted molar refractivity (Wildman–Crippen MR) is 116 cm³/mol. The molecule has 29 heavy (non-hydrogen) atoms. The largest absolute Gasteiger partial charge is 0.504 e. The van der Waals surface area contributed by atoms with Gasteiger partial charge in [-0.3, -0.25) is 9.36 Å². The maximum atomic E-state index is 13.3.